The first-order valence-corrected chi connectivity index (χ1v) is 11.1. The molecule has 2 rings (SSSR count). The quantitative estimate of drug-likeness (QED) is 0.593. The fourth-order valence-electron chi connectivity index (χ4n) is 3.47. The SMILES string of the molecule is CC[C@@H](C(=O)NCC(C)C)N(CCc1ccccc1)C(=O)CCc1ccc(C)cc1. The smallest absolute Gasteiger partial charge is 0.242 e. The second kappa shape index (κ2) is 12.2. The number of hydrogen-bond acceptors (Lipinski definition) is 2. The Morgan fingerprint density at radius 1 is 0.933 bits per heavy atom. The maximum Gasteiger partial charge on any atom is 0.242 e. The molecule has 162 valence electrons. The van der Waals surface area contributed by atoms with Crippen LogP contribution in [0.3, 0.4) is 0 Å². The summed E-state index contributed by atoms with van der Waals surface area (Å²) in [5, 5.41) is 3.01. The molecule has 2 amide bonds. The first-order chi connectivity index (χ1) is 14.4. The number of aryl methyl sites for hydroxylation is 2. The lowest BCUT2D eigenvalue weighted by atomic mass is 10.0. The molecular formula is C26H36N2O2. The molecule has 1 atom stereocenters. The van der Waals surface area contributed by atoms with Gasteiger partial charge in [-0.05, 0) is 43.2 Å². The van der Waals surface area contributed by atoms with E-state index in [0.29, 0.717) is 38.3 Å². The third kappa shape index (κ3) is 7.66. The fraction of sp³-hybridized carbons (Fsp3) is 0.462. The van der Waals surface area contributed by atoms with E-state index in [1.165, 1.54) is 11.1 Å². The van der Waals surface area contributed by atoms with Crippen LogP contribution in [0.2, 0.25) is 0 Å². The van der Waals surface area contributed by atoms with E-state index in [2.05, 4.69) is 62.5 Å². The summed E-state index contributed by atoms with van der Waals surface area (Å²) in [6.45, 7) is 9.34. The van der Waals surface area contributed by atoms with Gasteiger partial charge in [0.1, 0.15) is 6.04 Å². The van der Waals surface area contributed by atoms with Gasteiger partial charge in [-0.3, -0.25) is 9.59 Å². The average molecular weight is 409 g/mol. The molecule has 0 spiro atoms. The zero-order valence-electron chi connectivity index (χ0n) is 18.9. The minimum absolute atomic E-state index is 0.0399. The van der Waals surface area contributed by atoms with Gasteiger partial charge in [-0.25, -0.2) is 0 Å². The topological polar surface area (TPSA) is 49.4 Å². The summed E-state index contributed by atoms with van der Waals surface area (Å²) in [5.41, 5.74) is 3.53. The largest absolute Gasteiger partial charge is 0.354 e. The van der Waals surface area contributed by atoms with Gasteiger partial charge in [0, 0.05) is 19.5 Å². The van der Waals surface area contributed by atoms with Crippen LogP contribution < -0.4 is 5.32 Å². The Morgan fingerprint density at radius 2 is 1.57 bits per heavy atom. The maximum atomic E-state index is 13.2. The van der Waals surface area contributed by atoms with Gasteiger partial charge in [0.25, 0.3) is 0 Å². The van der Waals surface area contributed by atoms with Gasteiger partial charge in [-0.1, -0.05) is 80.9 Å². The lowest BCUT2D eigenvalue weighted by Crippen LogP contribution is -2.50. The molecule has 0 aliphatic heterocycles. The van der Waals surface area contributed by atoms with Crippen molar-refractivity contribution in [3.8, 4) is 0 Å². The van der Waals surface area contributed by atoms with Crippen molar-refractivity contribution in [1.82, 2.24) is 10.2 Å². The minimum Gasteiger partial charge on any atom is -0.354 e. The Balaban J connectivity index is 2.09. The molecule has 0 radical (unpaired) electrons. The van der Waals surface area contributed by atoms with Crippen molar-refractivity contribution in [3.63, 3.8) is 0 Å². The molecule has 0 unspecified atom stereocenters. The van der Waals surface area contributed by atoms with Crippen LogP contribution >= 0.6 is 0 Å². The van der Waals surface area contributed by atoms with E-state index in [-0.39, 0.29) is 11.8 Å². The van der Waals surface area contributed by atoms with Crippen LogP contribution in [0.25, 0.3) is 0 Å². The van der Waals surface area contributed by atoms with Gasteiger partial charge in [0.15, 0.2) is 0 Å². The van der Waals surface area contributed by atoms with E-state index in [1.54, 1.807) is 4.90 Å². The Labute approximate surface area is 181 Å². The number of amides is 2. The number of carbonyl (C=O) groups is 2. The van der Waals surface area contributed by atoms with E-state index in [0.717, 1.165) is 12.0 Å². The minimum atomic E-state index is -0.432. The molecule has 0 aromatic heterocycles. The van der Waals surface area contributed by atoms with Gasteiger partial charge in [-0.15, -0.1) is 0 Å². The Kier molecular flexibility index (Phi) is 9.59. The van der Waals surface area contributed by atoms with Crippen LogP contribution in [0.5, 0.6) is 0 Å². The number of benzene rings is 2. The highest BCUT2D eigenvalue weighted by molar-refractivity contribution is 5.87. The first-order valence-electron chi connectivity index (χ1n) is 11.1. The maximum absolute atomic E-state index is 13.2. The third-order valence-electron chi connectivity index (χ3n) is 5.30. The standard InChI is InChI=1S/C26H36N2O2/c1-5-24(26(30)27-19-20(2)3)28(18-17-22-9-7-6-8-10-22)25(29)16-15-23-13-11-21(4)12-14-23/h6-14,20,24H,5,15-19H2,1-4H3,(H,27,30)/t24-/m0/s1. The van der Waals surface area contributed by atoms with Crippen molar-refractivity contribution in [3.05, 3.63) is 71.3 Å². The molecule has 0 heterocycles. The van der Waals surface area contributed by atoms with Crippen LogP contribution in [0.1, 0.15) is 50.3 Å². The first kappa shape index (κ1) is 23.7. The zero-order valence-corrected chi connectivity index (χ0v) is 18.9. The molecule has 0 saturated heterocycles. The monoisotopic (exact) mass is 408 g/mol. The highest BCUT2D eigenvalue weighted by atomic mass is 16.2. The summed E-state index contributed by atoms with van der Waals surface area (Å²) in [6.07, 6.45) is 2.44. The number of carbonyl (C=O) groups excluding carboxylic acids is 2. The van der Waals surface area contributed by atoms with Gasteiger partial charge >= 0.3 is 0 Å². The van der Waals surface area contributed by atoms with Crippen molar-refractivity contribution >= 4 is 11.8 Å². The van der Waals surface area contributed by atoms with Crippen LogP contribution in [-0.2, 0) is 22.4 Å². The molecule has 0 aliphatic carbocycles. The number of rotatable bonds is 11. The summed E-state index contributed by atoms with van der Waals surface area (Å²) in [5.74, 6) is 0.363. The molecule has 1 N–H and O–H groups in total. The summed E-state index contributed by atoms with van der Waals surface area (Å²) in [6, 6.07) is 18.0. The highest BCUT2D eigenvalue weighted by Crippen LogP contribution is 2.13. The van der Waals surface area contributed by atoms with E-state index in [4.69, 9.17) is 0 Å². The van der Waals surface area contributed by atoms with Gasteiger partial charge < -0.3 is 10.2 Å². The van der Waals surface area contributed by atoms with Gasteiger partial charge in [0.05, 0.1) is 0 Å². The second-order valence-corrected chi connectivity index (χ2v) is 8.37. The van der Waals surface area contributed by atoms with Crippen molar-refractivity contribution < 1.29 is 9.59 Å². The van der Waals surface area contributed by atoms with E-state index in [9.17, 15) is 9.59 Å². The molecule has 2 aromatic rings. The molecule has 4 nitrogen and oxygen atoms in total. The van der Waals surface area contributed by atoms with Crippen LogP contribution in [0, 0.1) is 12.8 Å². The van der Waals surface area contributed by atoms with Gasteiger partial charge in [-0.2, -0.15) is 0 Å². The third-order valence-corrected chi connectivity index (χ3v) is 5.30. The molecule has 0 saturated carbocycles. The number of hydrogen-bond donors (Lipinski definition) is 1. The zero-order chi connectivity index (χ0) is 21.9. The van der Waals surface area contributed by atoms with Crippen LogP contribution in [0.15, 0.2) is 54.6 Å². The molecule has 2 aromatic carbocycles. The van der Waals surface area contributed by atoms with Crippen molar-refractivity contribution in [2.45, 2.75) is 59.4 Å². The second-order valence-electron chi connectivity index (χ2n) is 8.37. The molecule has 30 heavy (non-hydrogen) atoms. The Bertz CT molecular complexity index is 784. The summed E-state index contributed by atoms with van der Waals surface area (Å²) in [4.78, 5) is 27.8. The van der Waals surface area contributed by atoms with Crippen LogP contribution in [0.4, 0.5) is 0 Å². The predicted molar refractivity (Wildman–Crippen MR) is 123 cm³/mol. The molecule has 4 heteroatoms. The number of nitrogens with one attached hydrogen (secondary N) is 1. The highest BCUT2D eigenvalue weighted by Gasteiger charge is 2.28. The lowest BCUT2D eigenvalue weighted by molar-refractivity contribution is -0.140. The predicted octanol–water partition coefficient (Wildman–Crippen LogP) is 4.55. The van der Waals surface area contributed by atoms with Gasteiger partial charge in [0.2, 0.25) is 11.8 Å². The molecular weight excluding hydrogens is 372 g/mol. The summed E-state index contributed by atoms with van der Waals surface area (Å²) < 4.78 is 0. The average Bonchev–Trinajstić information content (AvgIpc) is 2.75. The Hall–Kier alpha value is -2.62. The fourth-order valence-corrected chi connectivity index (χ4v) is 3.47. The summed E-state index contributed by atoms with van der Waals surface area (Å²) in [7, 11) is 0. The molecule has 0 fully saturated rings. The normalized spacial score (nSPS) is 11.9. The molecule has 0 bridgehead atoms. The van der Waals surface area contributed by atoms with E-state index in [1.807, 2.05) is 25.1 Å². The van der Waals surface area contributed by atoms with Crippen molar-refractivity contribution in [1.29, 1.82) is 0 Å². The van der Waals surface area contributed by atoms with E-state index >= 15 is 0 Å². The summed E-state index contributed by atoms with van der Waals surface area (Å²) >= 11 is 0. The van der Waals surface area contributed by atoms with Crippen molar-refractivity contribution in [2.75, 3.05) is 13.1 Å². The lowest BCUT2D eigenvalue weighted by Gasteiger charge is -2.31. The Morgan fingerprint density at radius 3 is 2.17 bits per heavy atom. The van der Waals surface area contributed by atoms with E-state index < -0.39 is 6.04 Å². The van der Waals surface area contributed by atoms with Crippen molar-refractivity contribution in [2.24, 2.45) is 5.92 Å². The molecule has 0 aliphatic rings. The van der Waals surface area contributed by atoms with Crippen LogP contribution in [-0.4, -0.2) is 35.8 Å². The number of nitrogens with zero attached hydrogens (tertiary/aromatic N) is 1.